The maximum Gasteiger partial charge on any atom is 0.337 e. The average Bonchev–Trinajstić information content (AvgIpc) is 2.46. The summed E-state index contributed by atoms with van der Waals surface area (Å²) in [6.45, 7) is 3.77. The highest BCUT2D eigenvalue weighted by molar-refractivity contribution is 5.94. The Kier molecular flexibility index (Phi) is 4.08. The van der Waals surface area contributed by atoms with Crippen LogP contribution in [0.1, 0.15) is 31.0 Å². The number of hydrogen-bond acceptors (Lipinski definition) is 3. The van der Waals surface area contributed by atoms with Gasteiger partial charge in [0.1, 0.15) is 0 Å². The zero-order valence-corrected chi connectivity index (χ0v) is 11.8. The van der Waals surface area contributed by atoms with E-state index in [0.717, 1.165) is 12.0 Å². The fourth-order valence-corrected chi connectivity index (χ4v) is 2.27. The van der Waals surface area contributed by atoms with Crippen LogP contribution in [0, 0.1) is 0 Å². The summed E-state index contributed by atoms with van der Waals surface area (Å²) >= 11 is 0. The molecule has 1 aliphatic heterocycles. The van der Waals surface area contributed by atoms with Crippen LogP contribution in [0.2, 0.25) is 0 Å². The van der Waals surface area contributed by atoms with E-state index >= 15 is 0 Å². The van der Waals surface area contributed by atoms with Gasteiger partial charge in [0.2, 0.25) is 0 Å². The quantitative estimate of drug-likeness (QED) is 0.829. The molecule has 0 aliphatic carbocycles. The number of rotatable bonds is 3. The lowest BCUT2D eigenvalue weighted by atomic mass is 9.94. The van der Waals surface area contributed by atoms with Gasteiger partial charge in [0.25, 0.3) is 0 Å². The normalized spacial score (nSPS) is 18.4. The molecule has 106 valence electrons. The third-order valence-corrected chi connectivity index (χ3v) is 3.40. The second-order valence-corrected chi connectivity index (χ2v) is 4.66. The van der Waals surface area contributed by atoms with Crippen molar-refractivity contribution in [3.8, 4) is 0 Å². The van der Waals surface area contributed by atoms with E-state index in [-0.39, 0.29) is 6.03 Å². The van der Waals surface area contributed by atoms with Crippen molar-refractivity contribution in [2.24, 2.45) is 0 Å². The van der Waals surface area contributed by atoms with E-state index in [1.165, 1.54) is 12.7 Å². The first kappa shape index (κ1) is 14.1. The summed E-state index contributed by atoms with van der Waals surface area (Å²) in [5.41, 5.74) is 3.01. The number of ether oxygens (including phenoxy) is 1. The van der Waals surface area contributed by atoms with Crippen molar-refractivity contribution in [1.29, 1.82) is 0 Å². The summed E-state index contributed by atoms with van der Waals surface area (Å²) in [5, 5.41) is 5.35. The molecule has 0 unspecified atom stereocenters. The third kappa shape index (κ3) is 2.66. The predicted octanol–water partition coefficient (Wildman–Crippen LogP) is 2.05. The molecule has 1 aromatic rings. The van der Waals surface area contributed by atoms with Crippen molar-refractivity contribution in [3.63, 3.8) is 0 Å². The van der Waals surface area contributed by atoms with Crippen molar-refractivity contribution in [2.45, 2.75) is 26.3 Å². The van der Waals surface area contributed by atoms with E-state index in [0.29, 0.717) is 11.3 Å². The Labute approximate surface area is 118 Å². The zero-order chi connectivity index (χ0) is 14.7. The van der Waals surface area contributed by atoms with Crippen LogP contribution in [0.15, 0.2) is 35.5 Å². The molecule has 20 heavy (non-hydrogen) atoms. The fraction of sp³-hybridized carbons (Fsp3) is 0.333. The van der Waals surface area contributed by atoms with Gasteiger partial charge in [0.15, 0.2) is 0 Å². The minimum Gasteiger partial charge on any atom is -0.466 e. The summed E-state index contributed by atoms with van der Waals surface area (Å²) in [4.78, 5) is 23.5. The van der Waals surface area contributed by atoms with Gasteiger partial charge < -0.3 is 15.4 Å². The van der Waals surface area contributed by atoms with Crippen molar-refractivity contribution >= 4 is 12.0 Å². The number of carbonyl (C=O) groups is 2. The Morgan fingerprint density at radius 2 is 1.95 bits per heavy atom. The molecule has 2 amide bonds. The van der Waals surface area contributed by atoms with Crippen molar-refractivity contribution in [1.82, 2.24) is 10.6 Å². The number of hydrogen-bond donors (Lipinski definition) is 2. The number of urea groups is 1. The highest BCUT2D eigenvalue weighted by Gasteiger charge is 2.31. The molecule has 0 fully saturated rings. The maximum absolute atomic E-state index is 11.9. The molecule has 2 rings (SSSR count). The van der Waals surface area contributed by atoms with E-state index < -0.39 is 12.0 Å². The van der Waals surface area contributed by atoms with Crippen molar-refractivity contribution < 1.29 is 14.3 Å². The van der Waals surface area contributed by atoms with Gasteiger partial charge in [-0.05, 0) is 24.5 Å². The highest BCUT2D eigenvalue weighted by atomic mass is 16.5. The number of nitrogens with one attached hydrogen (secondary N) is 2. The SMILES string of the molecule is CCc1ccc([C@@H]2NC(=O)NC(C)=C2C(=O)OC)cc1. The van der Waals surface area contributed by atoms with Crippen molar-refractivity contribution in [3.05, 3.63) is 46.7 Å². The lowest BCUT2D eigenvalue weighted by molar-refractivity contribution is -0.136. The number of benzene rings is 1. The minimum atomic E-state index is -0.484. The Balaban J connectivity index is 2.42. The molecule has 2 N–H and O–H groups in total. The van der Waals surface area contributed by atoms with E-state index in [1.807, 2.05) is 24.3 Å². The smallest absolute Gasteiger partial charge is 0.337 e. The minimum absolute atomic E-state index is 0.320. The second-order valence-electron chi connectivity index (χ2n) is 4.66. The van der Waals surface area contributed by atoms with Gasteiger partial charge in [0, 0.05) is 5.70 Å². The second kappa shape index (κ2) is 5.77. The Morgan fingerprint density at radius 1 is 1.30 bits per heavy atom. The lowest BCUT2D eigenvalue weighted by Gasteiger charge is -2.27. The molecule has 0 saturated carbocycles. The zero-order valence-electron chi connectivity index (χ0n) is 11.8. The summed E-state index contributed by atoms with van der Waals surface area (Å²) in [7, 11) is 1.33. The number of aryl methyl sites for hydroxylation is 1. The number of esters is 1. The van der Waals surface area contributed by atoms with Crippen LogP contribution < -0.4 is 10.6 Å². The molecule has 1 aromatic carbocycles. The summed E-state index contributed by atoms with van der Waals surface area (Å²) in [6, 6.07) is 7.03. The molecular formula is C15H18N2O3. The molecule has 0 aromatic heterocycles. The number of carbonyl (C=O) groups excluding carboxylic acids is 2. The molecule has 1 atom stereocenters. The van der Waals surface area contributed by atoms with Gasteiger partial charge in [-0.3, -0.25) is 0 Å². The third-order valence-electron chi connectivity index (χ3n) is 3.40. The van der Waals surface area contributed by atoms with E-state index in [9.17, 15) is 9.59 Å². The Morgan fingerprint density at radius 3 is 2.50 bits per heavy atom. The standard InChI is InChI=1S/C15H18N2O3/c1-4-10-5-7-11(8-6-10)13-12(14(18)20-3)9(2)16-15(19)17-13/h5-8,13H,4H2,1-3H3,(H2,16,17,19)/t13-/m0/s1. The number of amides is 2. The van der Waals surface area contributed by atoms with Gasteiger partial charge in [-0.25, -0.2) is 9.59 Å². The number of allylic oxidation sites excluding steroid dienone is 1. The fourth-order valence-electron chi connectivity index (χ4n) is 2.27. The molecular weight excluding hydrogens is 256 g/mol. The summed E-state index contributed by atoms with van der Waals surface area (Å²) in [5.74, 6) is -0.445. The van der Waals surface area contributed by atoms with Crippen LogP contribution in [0.3, 0.4) is 0 Å². The maximum atomic E-state index is 11.9. The number of methoxy groups -OCH3 is 1. The van der Waals surface area contributed by atoms with Crippen molar-refractivity contribution in [2.75, 3.05) is 7.11 Å². The largest absolute Gasteiger partial charge is 0.466 e. The topological polar surface area (TPSA) is 67.4 Å². The van der Waals surface area contributed by atoms with Gasteiger partial charge in [-0.15, -0.1) is 0 Å². The molecule has 1 aliphatic rings. The van der Waals surface area contributed by atoms with Crippen LogP contribution >= 0.6 is 0 Å². The molecule has 5 nitrogen and oxygen atoms in total. The molecule has 5 heteroatoms. The van der Waals surface area contributed by atoms with E-state index in [2.05, 4.69) is 17.6 Å². The Hall–Kier alpha value is -2.30. The first-order chi connectivity index (χ1) is 9.56. The summed E-state index contributed by atoms with van der Waals surface area (Å²) < 4.78 is 4.80. The molecule has 0 saturated heterocycles. The monoisotopic (exact) mass is 274 g/mol. The molecule has 0 bridgehead atoms. The van der Waals surface area contributed by atoms with Crippen LogP contribution in [-0.4, -0.2) is 19.1 Å². The molecule has 0 spiro atoms. The van der Waals surface area contributed by atoms with E-state index in [1.54, 1.807) is 6.92 Å². The van der Waals surface area contributed by atoms with Gasteiger partial charge in [-0.1, -0.05) is 31.2 Å². The predicted molar refractivity (Wildman–Crippen MR) is 74.9 cm³/mol. The van der Waals surface area contributed by atoms with E-state index in [4.69, 9.17) is 4.74 Å². The summed E-state index contributed by atoms with van der Waals surface area (Å²) in [6.07, 6.45) is 0.942. The molecule has 1 heterocycles. The van der Waals surface area contributed by atoms with Crippen LogP contribution in [0.4, 0.5) is 4.79 Å². The Bertz CT molecular complexity index is 561. The van der Waals surface area contributed by atoms with Gasteiger partial charge in [0.05, 0.1) is 18.7 Å². The van der Waals surface area contributed by atoms with Crippen LogP contribution in [-0.2, 0) is 16.0 Å². The van der Waals surface area contributed by atoms with Gasteiger partial charge >= 0.3 is 12.0 Å². The molecule has 0 radical (unpaired) electrons. The first-order valence-electron chi connectivity index (χ1n) is 6.52. The first-order valence-corrected chi connectivity index (χ1v) is 6.52. The van der Waals surface area contributed by atoms with Crippen LogP contribution in [0.25, 0.3) is 0 Å². The highest BCUT2D eigenvalue weighted by Crippen LogP contribution is 2.27. The van der Waals surface area contributed by atoms with Crippen LogP contribution in [0.5, 0.6) is 0 Å². The average molecular weight is 274 g/mol. The lowest BCUT2D eigenvalue weighted by Crippen LogP contribution is -2.45. The van der Waals surface area contributed by atoms with Gasteiger partial charge in [-0.2, -0.15) is 0 Å².